The number of hydrogen-bond donors (Lipinski definition) is 1. The minimum atomic E-state index is -0.326. The van der Waals surface area contributed by atoms with Crippen LogP contribution in [0, 0.1) is 25.2 Å². The second-order valence-electron chi connectivity index (χ2n) is 8.94. The van der Waals surface area contributed by atoms with Gasteiger partial charge in [0.05, 0.1) is 5.57 Å². The van der Waals surface area contributed by atoms with Crippen molar-refractivity contribution in [3.8, 4) is 11.1 Å². The average Bonchev–Trinajstić information content (AvgIpc) is 2.94. The van der Waals surface area contributed by atoms with Crippen molar-refractivity contribution in [1.82, 2.24) is 0 Å². The summed E-state index contributed by atoms with van der Waals surface area (Å²) < 4.78 is 0. The zero-order valence-corrected chi connectivity index (χ0v) is 18.3. The molecule has 0 amide bonds. The molecule has 4 rings (SSSR count). The van der Waals surface area contributed by atoms with Crippen molar-refractivity contribution in [3.05, 3.63) is 63.9 Å². The third-order valence-electron chi connectivity index (χ3n) is 7.15. The highest BCUT2D eigenvalue weighted by Crippen LogP contribution is 2.54. The minimum Gasteiger partial charge on any atom is -0.511 e. The van der Waals surface area contributed by atoms with Crippen LogP contribution in [-0.2, 0) is 4.79 Å². The minimum absolute atomic E-state index is 0.0965. The summed E-state index contributed by atoms with van der Waals surface area (Å²) in [5.74, 6) is 1.17. The van der Waals surface area contributed by atoms with Crippen molar-refractivity contribution in [1.29, 1.82) is 0 Å². The fraction of sp³-hybridized carbons (Fsp3) is 0.423. The fourth-order valence-corrected chi connectivity index (χ4v) is 5.36. The monoisotopic (exact) mass is 408 g/mol. The molecular formula is C26H29ClO2. The van der Waals surface area contributed by atoms with E-state index in [9.17, 15) is 9.90 Å². The highest BCUT2D eigenvalue weighted by atomic mass is 35.5. The van der Waals surface area contributed by atoms with Gasteiger partial charge in [0, 0.05) is 16.9 Å². The molecule has 152 valence electrons. The zero-order valence-electron chi connectivity index (χ0n) is 17.5. The Kier molecular flexibility index (Phi) is 5.33. The van der Waals surface area contributed by atoms with Crippen molar-refractivity contribution in [2.75, 3.05) is 0 Å². The first-order valence-electron chi connectivity index (χ1n) is 10.7. The van der Waals surface area contributed by atoms with Crippen LogP contribution < -0.4 is 0 Å². The summed E-state index contributed by atoms with van der Waals surface area (Å²) in [6.07, 6.45) is 5.71. The second-order valence-corrected chi connectivity index (χ2v) is 9.38. The van der Waals surface area contributed by atoms with Gasteiger partial charge in [-0.3, -0.25) is 4.79 Å². The van der Waals surface area contributed by atoms with Crippen molar-refractivity contribution >= 4 is 23.0 Å². The number of carbonyl (C=O) groups excluding carboxylic acids is 1. The van der Waals surface area contributed by atoms with Gasteiger partial charge in [-0.15, -0.1) is 0 Å². The van der Waals surface area contributed by atoms with Crippen molar-refractivity contribution in [3.63, 3.8) is 0 Å². The van der Waals surface area contributed by atoms with Gasteiger partial charge >= 0.3 is 0 Å². The maximum absolute atomic E-state index is 13.0. The van der Waals surface area contributed by atoms with E-state index in [0.29, 0.717) is 17.8 Å². The molecule has 0 heterocycles. The van der Waals surface area contributed by atoms with Crippen LogP contribution in [0.2, 0.25) is 5.02 Å². The first-order chi connectivity index (χ1) is 13.8. The van der Waals surface area contributed by atoms with Crippen LogP contribution in [0.5, 0.6) is 0 Å². The van der Waals surface area contributed by atoms with Gasteiger partial charge in [0.25, 0.3) is 0 Å². The Bertz CT molecular complexity index is 977. The summed E-state index contributed by atoms with van der Waals surface area (Å²) in [6, 6.07) is 12.0. The molecule has 0 aromatic heterocycles. The number of allylic oxidation sites excluding steroid dienone is 2. The molecule has 0 saturated heterocycles. The lowest BCUT2D eigenvalue weighted by Gasteiger charge is -2.36. The number of halogens is 1. The van der Waals surface area contributed by atoms with Crippen molar-refractivity contribution in [2.24, 2.45) is 11.3 Å². The van der Waals surface area contributed by atoms with Crippen LogP contribution in [0.3, 0.4) is 0 Å². The topological polar surface area (TPSA) is 37.3 Å². The maximum atomic E-state index is 13.0. The van der Waals surface area contributed by atoms with Gasteiger partial charge in [0.2, 0.25) is 0 Å². The number of aliphatic hydroxyl groups is 1. The van der Waals surface area contributed by atoms with Gasteiger partial charge in [-0.05, 0) is 85.4 Å². The van der Waals surface area contributed by atoms with Crippen molar-refractivity contribution in [2.45, 2.75) is 59.3 Å². The van der Waals surface area contributed by atoms with E-state index in [0.717, 1.165) is 64.4 Å². The Labute approximate surface area is 178 Å². The molecule has 2 nitrogen and oxygen atoms in total. The Morgan fingerprint density at radius 2 is 1.62 bits per heavy atom. The SMILES string of the molecule is CCC1CCC2(CC1)CC(=O)C(c1cc(C)c(-c3ccc(Cl)cc3)cc1C)=C2O. The molecule has 0 aliphatic heterocycles. The highest BCUT2D eigenvalue weighted by Gasteiger charge is 2.48. The zero-order chi connectivity index (χ0) is 20.8. The fourth-order valence-electron chi connectivity index (χ4n) is 5.23. The van der Waals surface area contributed by atoms with Crippen LogP contribution in [-0.4, -0.2) is 10.9 Å². The summed E-state index contributed by atoms with van der Waals surface area (Å²) in [4.78, 5) is 13.0. The maximum Gasteiger partial charge on any atom is 0.167 e. The smallest absolute Gasteiger partial charge is 0.167 e. The molecule has 1 N–H and O–H groups in total. The van der Waals surface area contributed by atoms with E-state index in [2.05, 4.69) is 26.0 Å². The molecule has 0 bridgehead atoms. The summed E-state index contributed by atoms with van der Waals surface area (Å²) in [5.41, 5.74) is 5.47. The molecule has 3 heteroatoms. The van der Waals surface area contributed by atoms with Gasteiger partial charge < -0.3 is 5.11 Å². The molecule has 2 aliphatic carbocycles. The summed E-state index contributed by atoms with van der Waals surface area (Å²) >= 11 is 6.03. The van der Waals surface area contributed by atoms with E-state index in [1.807, 2.05) is 31.2 Å². The van der Waals surface area contributed by atoms with E-state index in [-0.39, 0.29) is 11.2 Å². The van der Waals surface area contributed by atoms with E-state index in [1.165, 1.54) is 6.42 Å². The molecule has 2 aliphatic rings. The Morgan fingerprint density at radius 1 is 1.03 bits per heavy atom. The quantitative estimate of drug-likeness (QED) is 0.572. The summed E-state index contributed by atoms with van der Waals surface area (Å²) in [7, 11) is 0. The highest BCUT2D eigenvalue weighted by molar-refractivity contribution is 6.30. The van der Waals surface area contributed by atoms with E-state index in [4.69, 9.17) is 11.6 Å². The van der Waals surface area contributed by atoms with E-state index in [1.54, 1.807) is 0 Å². The van der Waals surface area contributed by atoms with Gasteiger partial charge in [-0.1, -0.05) is 49.2 Å². The number of carbonyl (C=O) groups is 1. The normalized spacial score (nSPS) is 24.6. The third kappa shape index (κ3) is 3.53. The van der Waals surface area contributed by atoms with E-state index < -0.39 is 0 Å². The lowest BCUT2D eigenvalue weighted by atomic mass is 9.68. The molecule has 29 heavy (non-hydrogen) atoms. The average molecular weight is 409 g/mol. The van der Waals surface area contributed by atoms with Crippen LogP contribution in [0.15, 0.2) is 42.2 Å². The number of hydrogen-bond acceptors (Lipinski definition) is 2. The molecule has 2 aromatic carbocycles. The predicted octanol–water partition coefficient (Wildman–Crippen LogP) is 7.45. The standard InChI is InChI=1S/C26H29ClO2/c1-4-18-9-11-26(12-10-18)15-23(28)24(25(26)29)22-14-16(2)21(13-17(22)3)19-5-7-20(27)8-6-19/h5-8,13-14,18,29H,4,9-12,15H2,1-3H3. The first-order valence-corrected chi connectivity index (χ1v) is 11.1. The number of benzene rings is 2. The lowest BCUT2D eigenvalue weighted by Crippen LogP contribution is -2.27. The third-order valence-corrected chi connectivity index (χ3v) is 7.40. The molecule has 1 saturated carbocycles. The van der Waals surface area contributed by atoms with Crippen LogP contribution in [0.25, 0.3) is 16.7 Å². The summed E-state index contributed by atoms with van der Waals surface area (Å²) in [6.45, 7) is 6.32. The number of aryl methyl sites for hydroxylation is 2. The molecule has 2 aromatic rings. The first kappa shape index (κ1) is 20.2. The number of aliphatic hydroxyl groups excluding tert-OH is 1. The van der Waals surface area contributed by atoms with Crippen LogP contribution in [0.4, 0.5) is 0 Å². The number of rotatable bonds is 3. The molecule has 1 spiro atoms. The Balaban J connectivity index is 1.73. The lowest BCUT2D eigenvalue weighted by molar-refractivity contribution is -0.115. The Morgan fingerprint density at radius 3 is 2.24 bits per heavy atom. The predicted molar refractivity (Wildman–Crippen MR) is 120 cm³/mol. The molecular weight excluding hydrogens is 380 g/mol. The van der Waals surface area contributed by atoms with Gasteiger partial charge in [0.15, 0.2) is 5.78 Å². The molecule has 0 atom stereocenters. The van der Waals surface area contributed by atoms with Crippen molar-refractivity contribution < 1.29 is 9.90 Å². The molecule has 0 radical (unpaired) electrons. The van der Waals surface area contributed by atoms with E-state index >= 15 is 0 Å². The molecule has 0 unspecified atom stereocenters. The van der Waals surface area contributed by atoms with Gasteiger partial charge in [-0.2, -0.15) is 0 Å². The number of Topliss-reactive ketones (excluding diaryl/α,β-unsaturated/α-hetero) is 1. The van der Waals surface area contributed by atoms with Gasteiger partial charge in [0.1, 0.15) is 5.76 Å². The van der Waals surface area contributed by atoms with Gasteiger partial charge in [-0.25, -0.2) is 0 Å². The second kappa shape index (κ2) is 7.65. The summed E-state index contributed by atoms with van der Waals surface area (Å²) in [5, 5.41) is 11.9. The van der Waals surface area contributed by atoms with Crippen LogP contribution in [0.1, 0.15) is 62.1 Å². The number of ketones is 1. The largest absolute Gasteiger partial charge is 0.511 e. The Hall–Kier alpha value is -2.06. The van der Waals surface area contributed by atoms with Crippen LogP contribution >= 0.6 is 11.6 Å². The molecule has 1 fully saturated rings.